The molecule has 0 aliphatic carbocycles. The monoisotopic (exact) mass is 290 g/mol. The lowest BCUT2D eigenvalue weighted by molar-refractivity contribution is 0.0908. The molecule has 110 valence electrons. The van der Waals surface area contributed by atoms with Gasteiger partial charge < -0.3 is 10.6 Å². The summed E-state index contributed by atoms with van der Waals surface area (Å²) in [6, 6.07) is -0.356. The number of rotatable bonds is 2. The zero-order valence-electron chi connectivity index (χ0n) is 10.8. The van der Waals surface area contributed by atoms with E-state index in [0.29, 0.717) is 6.42 Å². The summed E-state index contributed by atoms with van der Waals surface area (Å²) in [5.41, 5.74) is -1.22. The van der Waals surface area contributed by atoms with E-state index in [2.05, 4.69) is 10.6 Å². The molecule has 2 atom stereocenters. The standard InChI is InChI=1S/C13H14F4N2O/c1-6-9(3-2-4-18-6)19-13(20)10-11(16)7(14)5-8(15)12(10)17/h5-6,9,18H,2-4H2,1H3,(H,19,20). The Balaban J connectivity index is 2.25. The van der Waals surface area contributed by atoms with Crippen LogP contribution < -0.4 is 10.6 Å². The zero-order valence-corrected chi connectivity index (χ0v) is 10.8. The van der Waals surface area contributed by atoms with Gasteiger partial charge in [-0.15, -0.1) is 0 Å². The molecule has 0 aromatic heterocycles. The molecule has 1 fully saturated rings. The summed E-state index contributed by atoms with van der Waals surface area (Å²) in [6.45, 7) is 2.59. The molecule has 2 unspecified atom stereocenters. The van der Waals surface area contributed by atoms with Crippen LogP contribution >= 0.6 is 0 Å². The summed E-state index contributed by atoms with van der Waals surface area (Å²) in [4.78, 5) is 11.9. The minimum Gasteiger partial charge on any atom is -0.348 e. The zero-order chi connectivity index (χ0) is 14.9. The van der Waals surface area contributed by atoms with E-state index in [1.165, 1.54) is 0 Å². The van der Waals surface area contributed by atoms with E-state index >= 15 is 0 Å². The highest BCUT2D eigenvalue weighted by atomic mass is 19.2. The second kappa shape index (κ2) is 5.78. The van der Waals surface area contributed by atoms with Gasteiger partial charge in [-0.05, 0) is 26.3 Å². The molecule has 2 rings (SSSR count). The number of amides is 1. The molecule has 20 heavy (non-hydrogen) atoms. The van der Waals surface area contributed by atoms with Crippen molar-refractivity contribution in [1.29, 1.82) is 0 Å². The molecule has 1 aromatic rings. The van der Waals surface area contributed by atoms with Crippen molar-refractivity contribution in [2.45, 2.75) is 31.8 Å². The number of hydrogen-bond acceptors (Lipinski definition) is 2. The predicted molar refractivity (Wildman–Crippen MR) is 64.2 cm³/mol. The van der Waals surface area contributed by atoms with Gasteiger partial charge in [0.05, 0.1) is 0 Å². The van der Waals surface area contributed by atoms with Gasteiger partial charge in [0.2, 0.25) is 0 Å². The Bertz CT molecular complexity index is 509. The highest BCUT2D eigenvalue weighted by Gasteiger charge is 2.28. The maximum atomic E-state index is 13.5. The van der Waals surface area contributed by atoms with Crippen molar-refractivity contribution in [3.05, 3.63) is 34.9 Å². The molecular formula is C13H14F4N2O. The van der Waals surface area contributed by atoms with Crippen LogP contribution in [0.2, 0.25) is 0 Å². The lowest BCUT2D eigenvalue weighted by Gasteiger charge is -2.30. The summed E-state index contributed by atoms with van der Waals surface area (Å²) in [5, 5.41) is 5.50. The summed E-state index contributed by atoms with van der Waals surface area (Å²) < 4.78 is 53.1. The average molecular weight is 290 g/mol. The van der Waals surface area contributed by atoms with Crippen molar-refractivity contribution >= 4 is 5.91 Å². The van der Waals surface area contributed by atoms with Crippen LogP contribution in [0.3, 0.4) is 0 Å². The number of hydrogen-bond donors (Lipinski definition) is 2. The van der Waals surface area contributed by atoms with Crippen LogP contribution in [0, 0.1) is 23.3 Å². The Kier molecular flexibility index (Phi) is 4.27. The molecule has 2 N–H and O–H groups in total. The first-order valence-electron chi connectivity index (χ1n) is 6.29. The van der Waals surface area contributed by atoms with Crippen molar-refractivity contribution in [2.75, 3.05) is 6.54 Å². The van der Waals surface area contributed by atoms with E-state index in [-0.39, 0.29) is 18.2 Å². The number of benzene rings is 1. The van der Waals surface area contributed by atoms with Gasteiger partial charge in [0, 0.05) is 18.2 Å². The number of halogens is 4. The smallest absolute Gasteiger partial charge is 0.257 e. The quantitative estimate of drug-likeness (QED) is 0.647. The Morgan fingerprint density at radius 1 is 1.25 bits per heavy atom. The minimum atomic E-state index is -1.68. The second-order valence-electron chi connectivity index (χ2n) is 4.81. The summed E-state index contributed by atoms with van der Waals surface area (Å²) in [5.74, 6) is -7.71. The Hall–Kier alpha value is -1.63. The highest BCUT2D eigenvalue weighted by Crippen LogP contribution is 2.20. The SMILES string of the molecule is CC1NCCCC1NC(=O)c1c(F)c(F)cc(F)c1F. The van der Waals surface area contributed by atoms with Crippen LogP contribution in [0.4, 0.5) is 17.6 Å². The number of carbonyl (C=O) groups excluding carboxylic acids is 1. The molecule has 0 bridgehead atoms. The Labute approximate surface area is 113 Å². The van der Waals surface area contributed by atoms with Gasteiger partial charge in [-0.25, -0.2) is 17.6 Å². The third-order valence-electron chi connectivity index (χ3n) is 3.42. The molecule has 1 aromatic carbocycles. The Morgan fingerprint density at radius 3 is 2.40 bits per heavy atom. The topological polar surface area (TPSA) is 41.1 Å². The van der Waals surface area contributed by atoms with E-state index in [1.54, 1.807) is 0 Å². The Morgan fingerprint density at radius 2 is 1.85 bits per heavy atom. The van der Waals surface area contributed by atoms with Crippen LogP contribution in [-0.4, -0.2) is 24.5 Å². The third-order valence-corrected chi connectivity index (χ3v) is 3.42. The van der Waals surface area contributed by atoms with Crippen LogP contribution in [0.25, 0.3) is 0 Å². The molecule has 0 radical (unpaired) electrons. The molecule has 1 aliphatic heterocycles. The molecule has 1 saturated heterocycles. The number of piperidine rings is 1. The maximum absolute atomic E-state index is 13.5. The molecule has 1 aliphatic rings. The van der Waals surface area contributed by atoms with Crippen molar-refractivity contribution in [1.82, 2.24) is 10.6 Å². The first-order valence-corrected chi connectivity index (χ1v) is 6.29. The maximum Gasteiger partial charge on any atom is 0.257 e. The van der Waals surface area contributed by atoms with Gasteiger partial charge in [0.15, 0.2) is 23.3 Å². The van der Waals surface area contributed by atoms with Gasteiger partial charge in [-0.2, -0.15) is 0 Å². The van der Waals surface area contributed by atoms with Crippen LogP contribution in [0.5, 0.6) is 0 Å². The minimum absolute atomic E-state index is 0.0756. The molecule has 3 nitrogen and oxygen atoms in total. The van der Waals surface area contributed by atoms with Gasteiger partial charge in [-0.3, -0.25) is 4.79 Å². The summed E-state index contributed by atoms with van der Waals surface area (Å²) >= 11 is 0. The number of carbonyl (C=O) groups is 1. The van der Waals surface area contributed by atoms with Crippen molar-refractivity contribution in [3.8, 4) is 0 Å². The lowest BCUT2D eigenvalue weighted by Crippen LogP contribution is -2.52. The van der Waals surface area contributed by atoms with Crippen molar-refractivity contribution in [3.63, 3.8) is 0 Å². The van der Waals surface area contributed by atoms with Crippen molar-refractivity contribution < 1.29 is 22.4 Å². The highest BCUT2D eigenvalue weighted by molar-refractivity contribution is 5.95. The van der Waals surface area contributed by atoms with E-state index in [0.717, 1.165) is 13.0 Å². The molecule has 7 heteroatoms. The fourth-order valence-corrected chi connectivity index (χ4v) is 2.25. The molecule has 1 amide bonds. The fraction of sp³-hybridized carbons (Fsp3) is 0.462. The van der Waals surface area contributed by atoms with E-state index in [9.17, 15) is 22.4 Å². The van der Waals surface area contributed by atoms with Gasteiger partial charge >= 0.3 is 0 Å². The normalized spacial score (nSPS) is 22.6. The average Bonchev–Trinajstić information content (AvgIpc) is 2.39. The first kappa shape index (κ1) is 14.8. The molecule has 0 spiro atoms. The van der Waals surface area contributed by atoms with Crippen molar-refractivity contribution in [2.24, 2.45) is 0 Å². The van der Waals surface area contributed by atoms with E-state index in [1.807, 2.05) is 6.92 Å². The van der Waals surface area contributed by atoms with Gasteiger partial charge in [0.1, 0.15) is 5.56 Å². The van der Waals surface area contributed by atoms with Crippen LogP contribution in [0.15, 0.2) is 6.07 Å². The van der Waals surface area contributed by atoms with E-state index < -0.39 is 34.7 Å². The summed E-state index contributed by atoms with van der Waals surface area (Å²) in [6.07, 6.45) is 1.42. The third kappa shape index (κ3) is 2.77. The predicted octanol–water partition coefficient (Wildman–Crippen LogP) is 2.11. The largest absolute Gasteiger partial charge is 0.348 e. The van der Waals surface area contributed by atoms with Gasteiger partial charge in [0.25, 0.3) is 5.91 Å². The van der Waals surface area contributed by atoms with Gasteiger partial charge in [-0.1, -0.05) is 0 Å². The number of nitrogens with one attached hydrogen (secondary N) is 2. The second-order valence-corrected chi connectivity index (χ2v) is 4.81. The molecular weight excluding hydrogens is 276 g/mol. The lowest BCUT2D eigenvalue weighted by atomic mass is 9.99. The first-order chi connectivity index (χ1) is 9.41. The summed E-state index contributed by atoms with van der Waals surface area (Å²) in [7, 11) is 0. The van der Waals surface area contributed by atoms with Crippen LogP contribution in [0.1, 0.15) is 30.1 Å². The van der Waals surface area contributed by atoms with Crippen LogP contribution in [-0.2, 0) is 0 Å². The van der Waals surface area contributed by atoms with E-state index in [4.69, 9.17) is 0 Å². The fourth-order valence-electron chi connectivity index (χ4n) is 2.25. The molecule has 0 saturated carbocycles. The molecule has 1 heterocycles.